The lowest BCUT2D eigenvalue weighted by atomic mass is 9.85. The maximum absolute atomic E-state index is 13.2. The van der Waals surface area contributed by atoms with Crippen molar-refractivity contribution in [2.75, 3.05) is 54.6 Å². The predicted molar refractivity (Wildman–Crippen MR) is 178 cm³/mol. The van der Waals surface area contributed by atoms with Gasteiger partial charge in [0.05, 0.1) is 54.9 Å². The summed E-state index contributed by atoms with van der Waals surface area (Å²) >= 11 is 12.8. The molecule has 44 heavy (non-hydrogen) atoms. The van der Waals surface area contributed by atoms with E-state index in [1.807, 2.05) is 37.4 Å². The van der Waals surface area contributed by atoms with E-state index in [1.165, 1.54) is 11.1 Å². The van der Waals surface area contributed by atoms with Crippen LogP contribution in [0, 0.1) is 0 Å². The monoisotopic (exact) mass is 660 g/mol. The van der Waals surface area contributed by atoms with E-state index < -0.39 is 16.3 Å². The average Bonchev–Trinajstić information content (AvgIpc) is 3.32. The van der Waals surface area contributed by atoms with Gasteiger partial charge in [-0.15, -0.1) is 0 Å². The number of hydrogen-bond donors (Lipinski definition) is 1. The second kappa shape index (κ2) is 14.4. The minimum atomic E-state index is -0.855. The van der Waals surface area contributed by atoms with Crippen molar-refractivity contribution >= 4 is 34.0 Å². The Morgan fingerprint density at radius 2 is 1.66 bits per heavy atom. The summed E-state index contributed by atoms with van der Waals surface area (Å²) in [6.07, 6.45) is 3.63. The van der Waals surface area contributed by atoms with E-state index in [0.717, 1.165) is 56.4 Å². The third-order valence-corrected chi connectivity index (χ3v) is 12.1. The summed E-state index contributed by atoms with van der Waals surface area (Å²) in [7, 11) is 5.90. The SMILES string of the molecule is CN[C@](CCCN1CCC2(CC1)c1ccccc1CS2=O)(COCc1cc(OC)c(OC)c(OC)c1)c1ccc(Cl)c(Cl)c1. The van der Waals surface area contributed by atoms with Crippen LogP contribution in [-0.2, 0) is 38.2 Å². The molecule has 0 aromatic heterocycles. The molecule has 0 amide bonds. The number of halogens is 2. The zero-order chi connectivity index (χ0) is 31.3. The van der Waals surface area contributed by atoms with Gasteiger partial charge in [-0.05, 0) is 98.9 Å². The van der Waals surface area contributed by atoms with Gasteiger partial charge in [-0.1, -0.05) is 53.5 Å². The Morgan fingerprint density at radius 3 is 2.30 bits per heavy atom. The number of piperidine rings is 1. The van der Waals surface area contributed by atoms with Gasteiger partial charge in [-0.2, -0.15) is 0 Å². The third-order valence-electron chi connectivity index (χ3n) is 9.26. The first kappa shape index (κ1) is 33.0. The molecule has 1 spiro atoms. The molecule has 2 heterocycles. The maximum atomic E-state index is 13.2. The van der Waals surface area contributed by atoms with Gasteiger partial charge < -0.3 is 29.2 Å². The Labute approximate surface area is 273 Å². The molecule has 0 aliphatic carbocycles. The van der Waals surface area contributed by atoms with Crippen molar-refractivity contribution in [3.63, 3.8) is 0 Å². The topological polar surface area (TPSA) is 69.3 Å². The van der Waals surface area contributed by atoms with Crippen LogP contribution in [0.2, 0.25) is 10.0 Å². The highest BCUT2D eigenvalue weighted by Crippen LogP contribution is 2.46. The van der Waals surface area contributed by atoms with Crippen molar-refractivity contribution in [1.82, 2.24) is 10.2 Å². The predicted octanol–water partition coefficient (Wildman–Crippen LogP) is 6.68. The molecule has 1 fully saturated rings. The van der Waals surface area contributed by atoms with Crippen molar-refractivity contribution in [1.29, 1.82) is 0 Å². The van der Waals surface area contributed by atoms with Crippen LogP contribution in [0.1, 0.15) is 47.9 Å². The van der Waals surface area contributed by atoms with Crippen LogP contribution < -0.4 is 19.5 Å². The van der Waals surface area contributed by atoms with Crippen molar-refractivity contribution < 1.29 is 23.2 Å². The van der Waals surface area contributed by atoms with E-state index in [0.29, 0.717) is 46.3 Å². The van der Waals surface area contributed by atoms with Gasteiger partial charge in [0.15, 0.2) is 11.5 Å². The Morgan fingerprint density at radius 1 is 0.955 bits per heavy atom. The van der Waals surface area contributed by atoms with Crippen LogP contribution in [0.5, 0.6) is 17.2 Å². The smallest absolute Gasteiger partial charge is 0.203 e. The zero-order valence-electron chi connectivity index (χ0n) is 25.9. The summed E-state index contributed by atoms with van der Waals surface area (Å²) in [5.74, 6) is 2.40. The molecule has 0 radical (unpaired) electrons. The lowest BCUT2D eigenvalue weighted by molar-refractivity contribution is 0.0515. The molecule has 238 valence electrons. The molecule has 7 nitrogen and oxygen atoms in total. The highest BCUT2D eigenvalue weighted by Gasteiger charge is 2.46. The second-order valence-corrected chi connectivity index (χ2v) is 14.1. The molecule has 1 saturated heterocycles. The van der Waals surface area contributed by atoms with Crippen LogP contribution in [0.3, 0.4) is 0 Å². The van der Waals surface area contributed by atoms with Gasteiger partial charge >= 0.3 is 0 Å². The molecule has 1 unspecified atom stereocenters. The summed E-state index contributed by atoms with van der Waals surface area (Å²) < 4.78 is 36.0. The number of likely N-dealkylation sites (N-methyl/N-ethyl adjacent to an activating group) is 1. The minimum absolute atomic E-state index is 0.192. The first-order valence-electron chi connectivity index (χ1n) is 15.0. The highest BCUT2D eigenvalue weighted by molar-refractivity contribution is 7.85. The molecular weight excluding hydrogens is 619 g/mol. The Kier molecular flexibility index (Phi) is 10.8. The van der Waals surface area contributed by atoms with Crippen molar-refractivity contribution in [3.05, 3.63) is 86.9 Å². The van der Waals surface area contributed by atoms with E-state index in [4.69, 9.17) is 42.1 Å². The van der Waals surface area contributed by atoms with Crippen molar-refractivity contribution in [3.8, 4) is 17.2 Å². The molecule has 0 bridgehead atoms. The van der Waals surface area contributed by atoms with Crippen molar-refractivity contribution in [2.24, 2.45) is 0 Å². The Balaban J connectivity index is 1.26. The van der Waals surface area contributed by atoms with Crippen LogP contribution in [0.15, 0.2) is 54.6 Å². The highest BCUT2D eigenvalue weighted by atomic mass is 35.5. The summed E-state index contributed by atoms with van der Waals surface area (Å²) in [6.45, 7) is 3.60. The largest absolute Gasteiger partial charge is 0.493 e. The van der Waals surface area contributed by atoms with Gasteiger partial charge in [0, 0.05) is 16.6 Å². The standard InChI is InChI=1S/C34H42Cl2N2O5S/c1-37-33(26-10-11-28(35)29(36)20-26,23-43-21-24-18-30(40-2)32(42-4)31(19-24)41-3)12-7-15-38-16-13-34(14-17-38)27-9-6-5-8-25(27)22-44(34)39/h5-6,8-11,18-20,37H,7,12-17,21-23H2,1-4H3/t33-,44?/m1/s1. The average molecular weight is 662 g/mol. The van der Waals surface area contributed by atoms with E-state index in [9.17, 15) is 4.21 Å². The van der Waals surface area contributed by atoms with Crippen molar-refractivity contribution in [2.45, 2.75) is 48.3 Å². The summed E-state index contributed by atoms with van der Waals surface area (Å²) in [5.41, 5.74) is 4.00. The molecule has 5 rings (SSSR count). The van der Waals surface area contributed by atoms with E-state index >= 15 is 0 Å². The fourth-order valence-corrected chi connectivity index (χ4v) is 8.92. The normalized spacial score (nSPS) is 19.0. The second-order valence-electron chi connectivity index (χ2n) is 11.6. The van der Waals surface area contributed by atoms with Crippen LogP contribution in [-0.4, -0.2) is 63.7 Å². The quantitative estimate of drug-likeness (QED) is 0.219. The molecule has 2 aliphatic rings. The molecular formula is C34H42Cl2N2O5S. The third kappa shape index (κ3) is 6.62. The molecule has 10 heteroatoms. The van der Waals surface area contributed by atoms with Crippen LogP contribution in [0.25, 0.3) is 0 Å². The number of nitrogens with zero attached hydrogens (tertiary/aromatic N) is 1. The fourth-order valence-electron chi connectivity index (χ4n) is 6.73. The van der Waals surface area contributed by atoms with Gasteiger partial charge in [0.1, 0.15) is 0 Å². The summed E-state index contributed by atoms with van der Waals surface area (Å²) in [6, 6.07) is 18.1. The first-order valence-corrected chi connectivity index (χ1v) is 17.1. The van der Waals surface area contributed by atoms with Crippen LogP contribution >= 0.6 is 23.2 Å². The Hall–Kier alpha value is -2.33. The zero-order valence-corrected chi connectivity index (χ0v) is 28.2. The summed E-state index contributed by atoms with van der Waals surface area (Å²) in [4.78, 5) is 2.51. The number of ether oxygens (including phenoxy) is 4. The number of hydrogen-bond acceptors (Lipinski definition) is 7. The first-order chi connectivity index (χ1) is 21.3. The number of fused-ring (bicyclic) bond motifs is 2. The fraction of sp³-hybridized carbons (Fsp3) is 0.471. The maximum Gasteiger partial charge on any atom is 0.203 e. The Bertz CT molecular complexity index is 1450. The van der Waals surface area contributed by atoms with E-state index in [2.05, 4.69) is 34.5 Å². The molecule has 1 N–H and O–H groups in total. The van der Waals surface area contributed by atoms with Gasteiger partial charge in [-0.3, -0.25) is 4.21 Å². The lowest BCUT2D eigenvalue weighted by Gasteiger charge is -2.40. The molecule has 3 aromatic rings. The van der Waals surface area contributed by atoms with Crippen LogP contribution in [0.4, 0.5) is 0 Å². The number of nitrogens with one attached hydrogen (secondary N) is 1. The molecule has 2 atom stereocenters. The summed E-state index contributed by atoms with van der Waals surface area (Å²) in [5, 5.41) is 4.60. The minimum Gasteiger partial charge on any atom is -0.493 e. The molecule has 3 aromatic carbocycles. The van der Waals surface area contributed by atoms with Gasteiger partial charge in [0.2, 0.25) is 5.75 Å². The molecule has 2 aliphatic heterocycles. The van der Waals surface area contributed by atoms with Gasteiger partial charge in [-0.25, -0.2) is 0 Å². The van der Waals surface area contributed by atoms with E-state index in [-0.39, 0.29) is 4.75 Å². The number of likely N-dealkylation sites (tertiary alicyclic amines) is 1. The van der Waals surface area contributed by atoms with E-state index in [1.54, 1.807) is 21.3 Å². The number of rotatable bonds is 13. The lowest BCUT2D eigenvalue weighted by Crippen LogP contribution is -2.46. The molecule has 0 saturated carbocycles. The number of benzene rings is 3. The van der Waals surface area contributed by atoms with Gasteiger partial charge in [0.25, 0.3) is 0 Å². The number of methoxy groups -OCH3 is 3.